The molecule has 1 heteroatoms. The summed E-state index contributed by atoms with van der Waals surface area (Å²) in [5.41, 5.74) is 0.484. The third kappa shape index (κ3) is 6.09. The molecule has 0 aliphatic heterocycles. The molecule has 0 aromatic carbocycles. The van der Waals surface area contributed by atoms with E-state index in [9.17, 15) is 0 Å². The van der Waals surface area contributed by atoms with E-state index in [1.807, 2.05) is 7.05 Å². The lowest BCUT2D eigenvalue weighted by Crippen LogP contribution is -2.29. The zero-order chi connectivity index (χ0) is 10.5. The summed E-state index contributed by atoms with van der Waals surface area (Å²) < 4.78 is 0. The third-order valence-electron chi connectivity index (χ3n) is 2.95. The van der Waals surface area contributed by atoms with Crippen LogP contribution in [0.4, 0.5) is 0 Å². The Balaban J connectivity index is 3.92. The summed E-state index contributed by atoms with van der Waals surface area (Å²) >= 11 is 0. The van der Waals surface area contributed by atoms with E-state index >= 15 is 0 Å². The Morgan fingerprint density at radius 2 is 1.69 bits per heavy atom. The largest absolute Gasteiger partial charge is 0.317 e. The standard InChI is InChI=1S/C12H27N/c1-7-10(2)8-12(4,5)9-11(3)13-6/h10-11,13H,7-9H2,1-6H3. The van der Waals surface area contributed by atoms with Crippen molar-refractivity contribution in [3.63, 3.8) is 0 Å². The second-order valence-corrected chi connectivity index (χ2v) is 5.28. The summed E-state index contributed by atoms with van der Waals surface area (Å²) in [7, 11) is 2.05. The summed E-state index contributed by atoms with van der Waals surface area (Å²) in [6, 6.07) is 0.638. The predicted molar refractivity (Wildman–Crippen MR) is 61.0 cm³/mol. The van der Waals surface area contributed by atoms with Crippen LogP contribution in [0.1, 0.15) is 53.9 Å². The number of hydrogen-bond acceptors (Lipinski definition) is 1. The van der Waals surface area contributed by atoms with Gasteiger partial charge in [-0.2, -0.15) is 0 Å². The van der Waals surface area contributed by atoms with E-state index in [0.717, 1.165) is 5.92 Å². The highest BCUT2D eigenvalue weighted by molar-refractivity contribution is 4.76. The first-order valence-electron chi connectivity index (χ1n) is 5.58. The van der Waals surface area contributed by atoms with Gasteiger partial charge in [0, 0.05) is 6.04 Å². The highest BCUT2D eigenvalue weighted by Gasteiger charge is 2.22. The second-order valence-electron chi connectivity index (χ2n) is 5.28. The van der Waals surface area contributed by atoms with Crippen LogP contribution >= 0.6 is 0 Å². The molecule has 0 aliphatic carbocycles. The van der Waals surface area contributed by atoms with Crippen LogP contribution in [-0.2, 0) is 0 Å². The molecule has 80 valence electrons. The Bertz CT molecular complexity index is 115. The fraction of sp³-hybridized carbons (Fsp3) is 1.00. The van der Waals surface area contributed by atoms with Crippen molar-refractivity contribution in [1.29, 1.82) is 0 Å². The van der Waals surface area contributed by atoms with E-state index in [2.05, 4.69) is 39.9 Å². The van der Waals surface area contributed by atoms with Crippen LogP contribution in [0.5, 0.6) is 0 Å². The zero-order valence-electron chi connectivity index (χ0n) is 10.3. The van der Waals surface area contributed by atoms with Crippen LogP contribution in [0.2, 0.25) is 0 Å². The summed E-state index contributed by atoms with van der Waals surface area (Å²) in [5, 5.41) is 3.31. The number of hydrogen-bond donors (Lipinski definition) is 1. The molecular formula is C12H27N. The summed E-state index contributed by atoms with van der Waals surface area (Å²) in [6.45, 7) is 11.7. The van der Waals surface area contributed by atoms with Crippen LogP contribution in [0, 0.1) is 11.3 Å². The molecule has 0 radical (unpaired) electrons. The molecule has 0 rings (SSSR count). The van der Waals surface area contributed by atoms with E-state index in [-0.39, 0.29) is 0 Å². The minimum absolute atomic E-state index is 0.484. The van der Waals surface area contributed by atoms with Crippen molar-refractivity contribution >= 4 is 0 Å². The smallest absolute Gasteiger partial charge is 0.00408 e. The Morgan fingerprint density at radius 1 is 1.15 bits per heavy atom. The normalized spacial score (nSPS) is 17.1. The van der Waals surface area contributed by atoms with Crippen LogP contribution in [0.25, 0.3) is 0 Å². The predicted octanol–water partition coefficient (Wildman–Crippen LogP) is 3.45. The second kappa shape index (κ2) is 5.64. The van der Waals surface area contributed by atoms with Gasteiger partial charge >= 0.3 is 0 Å². The molecule has 1 nitrogen and oxygen atoms in total. The van der Waals surface area contributed by atoms with E-state index in [0.29, 0.717) is 11.5 Å². The Kier molecular flexibility index (Phi) is 5.62. The average Bonchev–Trinajstić information content (AvgIpc) is 2.02. The van der Waals surface area contributed by atoms with Crippen molar-refractivity contribution in [2.75, 3.05) is 7.05 Å². The van der Waals surface area contributed by atoms with Gasteiger partial charge in [-0.1, -0.05) is 34.1 Å². The minimum Gasteiger partial charge on any atom is -0.317 e. The van der Waals surface area contributed by atoms with Crippen LogP contribution in [-0.4, -0.2) is 13.1 Å². The maximum Gasteiger partial charge on any atom is 0.00408 e. The first kappa shape index (κ1) is 13.0. The van der Waals surface area contributed by atoms with Gasteiger partial charge in [0.2, 0.25) is 0 Å². The molecule has 0 aromatic heterocycles. The third-order valence-corrected chi connectivity index (χ3v) is 2.95. The van der Waals surface area contributed by atoms with E-state index in [1.165, 1.54) is 19.3 Å². The molecule has 2 atom stereocenters. The van der Waals surface area contributed by atoms with Crippen molar-refractivity contribution in [3.8, 4) is 0 Å². The topological polar surface area (TPSA) is 12.0 Å². The molecule has 2 unspecified atom stereocenters. The highest BCUT2D eigenvalue weighted by atomic mass is 14.9. The molecule has 0 aromatic rings. The molecule has 0 amide bonds. The van der Waals surface area contributed by atoms with Gasteiger partial charge in [-0.05, 0) is 38.1 Å². The van der Waals surface area contributed by atoms with Gasteiger partial charge in [0.05, 0.1) is 0 Å². The quantitative estimate of drug-likeness (QED) is 0.668. The molecule has 0 saturated carbocycles. The minimum atomic E-state index is 0.484. The molecular weight excluding hydrogens is 158 g/mol. The molecule has 0 spiro atoms. The average molecular weight is 185 g/mol. The van der Waals surface area contributed by atoms with Crippen molar-refractivity contribution in [2.45, 2.75) is 59.9 Å². The maximum absolute atomic E-state index is 3.31. The van der Waals surface area contributed by atoms with Crippen molar-refractivity contribution < 1.29 is 0 Å². The Morgan fingerprint density at radius 3 is 2.08 bits per heavy atom. The van der Waals surface area contributed by atoms with Crippen LogP contribution in [0.15, 0.2) is 0 Å². The number of rotatable bonds is 6. The van der Waals surface area contributed by atoms with Crippen molar-refractivity contribution in [1.82, 2.24) is 5.32 Å². The van der Waals surface area contributed by atoms with E-state index < -0.39 is 0 Å². The van der Waals surface area contributed by atoms with Gasteiger partial charge in [-0.15, -0.1) is 0 Å². The molecule has 0 aliphatic rings. The first-order chi connectivity index (χ1) is 5.91. The number of nitrogens with one attached hydrogen (secondary N) is 1. The molecule has 0 heterocycles. The van der Waals surface area contributed by atoms with E-state index in [4.69, 9.17) is 0 Å². The van der Waals surface area contributed by atoms with Gasteiger partial charge < -0.3 is 5.32 Å². The summed E-state index contributed by atoms with van der Waals surface area (Å²) in [4.78, 5) is 0. The molecule has 1 N–H and O–H groups in total. The lowest BCUT2D eigenvalue weighted by molar-refractivity contribution is 0.230. The van der Waals surface area contributed by atoms with Crippen molar-refractivity contribution in [3.05, 3.63) is 0 Å². The monoisotopic (exact) mass is 185 g/mol. The van der Waals surface area contributed by atoms with Gasteiger partial charge in [-0.3, -0.25) is 0 Å². The summed E-state index contributed by atoms with van der Waals surface area (Å²) in [5.74, 6) is 0.860. The fourth-order valence-electron chi connectivity index (χ4n) is 2.10. The molecule has 0 fully saturated rings. The molecule has 0 saturated heterocycles. The zero-order valence-corrected chi connectivity index (χ0v) is 10.3. The lowest BCUT2D eigenvalue weighted by Gasteiger charge is -2.30. The van der Waals surface area contributed by atoms with Gasteiger partial charge in [-0.25, -0.2) is 0 Å². The van der Waals surface area contributed by atoms with Gasteiger partial charge in [0.25, 0.3) is 0 Å². The molecule has 0 bridgehead atoms. The molecule has 13 heavy (non-hydrogen) atoms. The Hall–Kier alpha value is -0.0400. The van der Waals surface area contributed by atoms with E-state index in [1.54, 1.807) is 0 Å². The van der Waals surface area contributed by atoms with Crippen molar-refractivity contribution in [2.24, 2.45) is 11.3 Å². The van der Waals surface area contributed by atoms with Crippen LogP contribution in [0.3, 0.4) is 0 Å². The van der Waals surface area contributed by atoms with Gasteiger partial charge in [0.15, 0.2) is 0 Å². The Labute approximate surface area is 84.3 Å². The summed E-state index contributed by atoms with van der Waals surface area (Å²) in [6.07, 6.45) is 3.92. The highest BCUT2D eigenvalue weighted by Crippen LogP contribution is 2.31. The first-order valence-corrected chi connectivity index (χ1v) is 5.58. The fourth-order valence-corrected chi connectivity index (χ4v) is 2.10. The maximum atomic E-state index is 3.31. The SMILES string of the molecule is CCC(C)CC(C)(C)CC(C)NC. The lowest BCUT2D eigenvalue weighted by atomic mass is 9.78. The van der Waals surface area contributed by atoms with Crippen LogP contribution < -0.4 is 5.32 Å². The van der Waals surface area contributed by atoms with Gasteiger partial charge in [0.1, 0.15) is 0 Å².